The molecule has 6 nitrogen and oxygen atoms in total. The van der Waals surface area contributed by atoms with Crippen molar-refractivity contribution in [3.05, 3.63) is 70.8 Å². The zero-order valence-corrected chi connectivity index (χ0v) is 15.2. The first-order valence-corrected chi connectivity index (χ1v) is 8.29. The van der Waals surface area contributed by atoms with Crippen molar-refractivity contribution in [2.45, 2.75) is 6.92 Å². The first-order valence-electron chi connectivity index (χ1n) is 8.29. The first-order chi connectivity index (χ1) is 13.0. The van der Waals surface area contributed by atoms with E-state index in [0.29, 0.717) is 16.8 Å². The number of nitrogens with zero attached hydrogens (tertiary/aromatic N) is 1. The smallest absolute Gasteiger partial charge is 0.348 e. The first kappa shape index (κ1) is 19.9. The second kappa shape index (κ2) is 9.90. The molecule has 0 aliphatic carbocycles. The molecule has 0 saturated carbocycles. The monoisotopic (exact) mass is 364 g/mol. The summed E-state index contributed by atoms with van der Waals surface area (Å²) in [6.07, 6.45) is 1.41. The van der Waals surface area contributed by atoms with Gasteiger partial charge in [-0.15, -0.1) is 0 Å². The maximum absolute atomic E-state index is 12.3. The number of carbonyl (C=O) groups excluding carboxylic acids is 2. The van der Waals surface area contributed by atoms with Gasteiger partial charge < -0.3 is 14.8 Å². The molecule has 0 fully saturated rings. The molecule has 1 amide bonds. The van der Waals surface area contributed by atoms with Gasteiger partial charge >= 0.3 is 5.97 Å². The van der Waals surface area contributed by atoms with E-state index in [9.17, 15) is 14.9 Å². The largest absolute Gasteiger partial charge is 0.459 e. The number of benzene rings is 2. The highest BCUT2D eigenvalue weighted by molar-refractivity contribution is 6.04. The number of nitrogens with one attached hydrogen (secondary N) is 1. The van der Waals surface area contributed by atoms with Crippen LogP contribution in [0.3, 0.4) is 0 Å². The fraction of sp³-hybridized carbons (Fsp3) is 0.190. The maximum atomic E-state index is 12.3. The SMILES string of the molecule is COCCOC(=O)/C(C#N)=C/c1cccc(NC(=O)c2ccc(C)cc2)c1. The van der Waals surface area contributed by atoms with Crippen LogP contribution in [0.15, 0.2) is 54.1 Å². The number of hydrogen-bond donors (Lipinski definition) is 1. The van der Waals surface area contributed by atoms with E-state index in [1.54, 1.807) is 36.4 Å². The molecule has 0 radical (unpaired) electrons. The van der Waals surface area contributed by atoms with Gasteiger partial charge in [0.1, 0.15) is 18.2 Å². The number of carbonyl (C=O) groups is 2. The summed E-state index contributed by atoms with van der Waals surface area (Å²) in [4.78, 5) is 24.2. The van der Waals surface area contributed by atoms with Gasteiger partial charge in [0.15, 0.2) is 0 Å². The molecule has 1 N–H and O–H groups in total. The predicted molar refractivity (Wildman–Crippen MR) is 102 cm³/mol. The topological polar surface area (TPSA) is 88.4 Å². The highest BCUT2D eigenvalue weighted by atomic mass is 16.6. The average Bonchev–Trinajstić information content (AvgIpc) is 2.67. The Balaban J connectivity index is 2.11. The quantitative estimate of drug-likeness (QED) is 0.352. The molecule has 2 aromatic rings. The van der Waals surface area contributed by atoms with Gasteiger partial charge in [0.2, 0.25) is 0 Å². The summed E-state index contributed by atoms with van der Waals surface area (Å²) in [7, 11) is 1.49. The van der Waals surface area contributed by atoms with Gasteiger partial charge in [0.05, 0.1) is 6.61 Å². The number of anilines is 1. The Hall–Kier alpha value is -3.43. The molecule has 0 aliphatic rings. The Labute approximate surface area is 158 Å². The lowest BCUT2D eigenvalue weighted by atomic mass is 10.1. The molecule has 0 saturated heterocycles. The van der Waals surface area contributed by atoms with Crippen LogP contribution < -0.4 is 5.32 Å². The number of rotatable bonds is 7. The molecule has 27 heavy (non-hydrogen) atoms. The number of methoxy groups -OCH3 is 1. The fourth-order valence-electron chi connectivity index (χ4n) is 2.21. The zero-order chi connectivity index (χ0) is 19.6. The van der Waals surface area contributed by atoms with Crippen molar-refractivity contribution < 1.29 is 19.1 Å². The van der Waals surface area contributed by atoms with E-state index in [2.05, 4.69) is 5.32 Å². The second-order valence-electron chi connectivity index (χ2n) is 5.74. The summed E-state index contributed by atoms with van der Waals surface area (Å²) >= 11 is 0. The molecule has 0 aliphatic heterocycles. The van der Waals surface area contributed by atoms with Crippen molar-refractivity contribution in [1.82, 2.24) is 0 Å². The van der Waals surface area contributed by atoms with Crippen LogP contribution in [0.1, 0.15) is 21.5 Å². The molecule has 0 aromatic heterocycles. The van der Waals surface area contributed by atoms with Crippen LogP contribution in [0.5, 0.6) is 0 Å². The van der Waals surface area contributed by atoms with Gasteiger partial charge in [0, 0.05) is 18.4 Å². The van der Waals surface area contributed by atoms with Crippen molar-refractivity contribution in [2.24, 2.45) is 0 Å². The fourth-order valence-corrected chi connectivity index (χ4v) is 2.21. The van der Waals surface area contributed by atoms with Gasteiger partial charge in [-0.25, -0.2) is 4.79 Å². The lowest BCUT2D eigenvalue weighted by Crippen LogP contribution is -2.12. The lowest BCUT2D eigenvalue weighted by molar-refractivity contribution is -0.139. The Kier molecular flexibility index (Phi) is 7.29. The van der Waals surface area contributed by atoms with Crippen LogP contribution in [0.2, 0.25) is 0 Å². The molecule has 0 bridgehead atoms. The third-order valence-corrected chi connectivity index (χ3v) is 3.63. The number of aryl methyl sites for hydroxylation is 1. The molecule has 2 rings (SSSR count). The lowest BCUT2D eigenvalue weighted by Gasteiger charge is -2.07. The normalized spacial score (nSPS) is 10.8. The van der Waals surface area contributed by atoms with Crippen molar-refractivity contribution in [3.63, 3.8) is 0 Å². The average molecular weight is 364 g/mol. The van der Waals surface area contributed by atoms with Gasteiger partial charge in [-0.05, 0) is 42.8 Å². The molecular formula is C21H20N2O4. The molecule has 0 heterocycles. The minimum atomic E-state index is -0.719. The van der Waals surface area contributed by atoms with Crippen LogP contribution in [0.4, 0.5) is 5.69 Å². The summed E-state index contributed by atoms with van der Waals surface area (Å²) in [6, 6.07) is 15.9. The summed E-state index contributed by atoms with van der Waals surface area (Å²) in [5.41, 5.74) is 2.63. The Morgan fingerprint density at radius 3 is 2.56 bits per heavy atom. The molecule has 0 atom stereocenters. The van der Waals surface area contributed by atoms with Gasteiger partial charge in [0.25, 0.3) is 5.91 Å². The third kappa shape index (κ3) is 6.10. The van der Waals surface area contributed by atoms with Gasteiger partial charge in [-0.1, -0.05) is 29.8 Å². The summed E-state index contributed by atoms with van der Waals surface area (Å²) in [6.45, 7) is 2.27. The van der Waals surface area contributed by atoms with Crippen LogP contribution in [0, 0.1) is 18.3 Å². The van der Waals surface area contributed by atoms with E-state index in [1.165, 1.54) is 13.2 Å². The van der Waals surface area contributed by atoms with Crippen molar-refractivity contribution in [2.75, 3.05) is 25.6 Å². The highest BCUT2D eigenvalue weighted by Crippen LogP contribution is 2.16. The molecular weight excluding hydrogens is 344 g/mol. The van der Waals surface area contributed by atoms with Crippen molar-refractivity contribution in [3.8, 4) is 6.07 Å². The molecule has 6 heteroatoms. The number of ether oxygens (including phenoxy) is 2. The highest BCUT2D eigenvalue weighted by Gasteiger charge is 2.11. The number of esters is 1. The zero-order valence-electron chi connectivity index (χ0n) is 15.2. The van der Waals surface area contributed by atoms with Gasteiger partial charge in [-0.3, -0.25) is 4.79 Å². The number of amides is 1. The second-order valence-corrected chi connectivity index (χ2v) is 5.74. The van der Waals surface area contributed by atoms with Gasteiger partial charge in [-0.2, -0.15) is 5.26 Å². The van der Waals surface area contributed by atoms with E-state index in [0.717, 1.165) is 5.56 Å². The predicted octanol–water partition coefficient (Wildman–Crippen LogP) is 3.34. The Morgan fingerprint density at radius 1 is 1.15 bits per heavy atom. The minimum absolute atomic E-state index is 0.0704. The standard InChI is InChI=1S/C21H20N2O4/c1-15-6-8-17(9-7-15)20(24)23-19-5-3-4-16(13-19)12-18(14-22)21(25)27-11-10-26-2/h3-9,12-13H,10-11H2,1-2H3,(H,23,24)/b18-12+. The van der Waals surface area contributed by atoms with Crippen LogP contribution in [0.25, 0.3) is 6.08 Å². The van der Waals surface area contributed by atoms with E-state index >= 15 is 0 Å². The van der Waals surface area contributed by atoms with E-state index in [1.807, 2.05) is 25.1 Å². The molecule has 0 spiro atoms. The maximum Gasteiger partial charge on any atom is 0.348 e. The van der Waals surface area contributed by atoms with E-state index < -0.39 is 5.97 Å². The number of hydrogen-bond acceptors (Lipinski definition) is 5. The van der Waals surface area contributed by atoms with E-state index in [4.69, 9.17) is 9.47 Å². The van der Waals surface area contributed by atoms with Crippen molar-refractivity contribution >= 4 is 23.6 Å². The minimum Gasteiger partial charge on any atom is -0.459 e. The van der Waals surface area contributed by atoms with E-state index in [-0.39, 0.29) is 24.7 Å². The Bertz CT molecular complexity index is 880. The van der Waals surface area contributed by atoms with Crippen molar-refractivity contribution in [1.29, 1.82) is 5.26 Å². The summed E-state index contributed by atoms with van der Waals surface area (Å²) < 4.78 is 9.75. The van der Waals surface area contributed by atoms with Crippen LogP contribution >= 0.6 is 0 Å². The Morgan fingerprint density at radius 2 is 1.89 bits per heavy atom. The summed E-state index contributed by atoms with van der Waals surface area (Å²) in [5, 5.41) is 12.0. The van der Waals surface area contributed by atoms with Crippen LogP contribution in [-0.4, -0.2) is 32.2 Å². The number of nitriles is 1. The third-order valence-electron chi connectivity index (χ3n) is 3.63. The summed E-state index contributed by atoms with van der Waals surface area (Å²) in [5.74, 6) is -0.959. The molecule has 2 aromatic carbocycles. The molecule has 138 valence electrons. The van der Waals surface area contributed by atoms with Crippen LogP contribution in [-0.2, 0) is 14.3 Å². The molecule has 0 unspecified atom stereocenters.